The highest BCUT2D eigenvalue weighted by molar-refractivity contribution is 5.52. The quantitative estimate of drug-likeness (QED) is 0.370. The molecule has 0 aliphatic heterocycles. The van der Waals surface area contributed by atoms with E-state index in [9.17, 15) is 35.8 Å². The van der Waals surface area contributed by atoms with Crippen molar-refractivity contribution in [2.75, 3.05) is 11.4 Å². The number of hydrogen-bond donors (Lipinski definition) is 1. The summed E-state index contributed by atoms with van der Waals surface area (Å²) in [4.78, 5) is 1.14. The third kappa shape index (κ3) is 7.55. The minimum Gasteiger partial charge on any atom is -0.457 e. The summed E-state index contributed by atoms with van der Waals surface area (Å²) in [6.07, 6.45) is -12.6. The smallest absolute Gasteiger partial charge is 0.457 e. The van der Waals surface area contributed by atoms with Crippen molar-refractivity contribution >= 4 is 5.69 Å². The second-order valence-corrected chi connectivity index (χ2v) is 7.19. The molecule has 4 nitrogen and oxygen atoms in total. The third-order valence-electron chi connectivity index (χ3n) is 4.51. The molecular weight excluding hydrogens is 471 g/mol. The fraction of sp³-hybridized carbons (Fsp3) is 0.217. The first-order valence-electron chi connectivity index (χ1n) is 9.77. The van der Waals surface area contributed by atoms with Crippen molar-refractivity contribution in [1.29, 1.82) is 0 Å². The summed E-state index contributed by atoms with van der Waals surface area (Å²) in [5.41, 5.74) is 0.408. The van der Waals surface area contributed by atoms with Gasteiger partial charge in [-0.25, -0.2) is 4.39 Å². The van der Waals surface area contributed by atoms with Gasteiger partial charge in [0.1, 0.15) is 23.1 Å². The number of ether oxygens (including phenoxy) is 2. The van der Waals surface area contributed by atoms with Gasteiger partial charge < -0.3 is 19.5 Å². The van der Waals surface area contributed by atoms with Crippen LogP contribution >= 0.6 is 0 Å². The van der Waals surface area contributed by atoms with E-state index in [1.165, 1.54) is 60.7 Å². The number of anilines is 1. The van der Waals surface area contributed by atoms with E-state index >= 15 is 0 Å². The van der Waals surface area contributed by atoms with Crippen molar-refractivity contribution in [3.05, 3.63) is 84.2 Å². The van der Waals surface area contributed by atoms with Crippen molar-refractivity contribution in [2.45, 2.75) is 25.2 Å². The lowest BCUT2D eigenvalue weighted by atomic mass is 10.1. The molecule has 0 heterocycles. The van der Waals surface area contributed by atoms with Gasteiger partial charge in [-0.2, -0.15) is 13.2 Å². The van der Waals surface area contributed by atoms with Gasteiger partial charge in [-0.15, -0.1) is 13.2 Å². The zero-order chi connectivity index (χ0) is 24.9. The largest absolute Gasteiger partial charge is 0.573 e. The Bertz CT molecular complexity index is 1080. The lowest BCUT2D eigenvalue weighted by molar-refractivity contribution is -0.274. The first-order valence-corrected chi connectivity index (χ1v) is 9.77. The molecule has 0 saturated carbocycles. The maximum Gasteiger partial charge on any atom is 0.573 e. The van der Waals surface area contributed by atoms with Crippen molar-refractivity contribution in [1.82, 2.24) is 0 Å². The Labute approximate surface area is 189 Å². The minimum absolute atomic E-state index is 0.199. The van der Waals surface area contributed by atoms with Gasteiger partial charge in [0.15, 0.2) is 6.10 Å². The Balaban J connectivity index is 1.87. The van der Waals surface area contributed by atoms with E-state index < -0.39 is 36.8 Å². The standard InChI is InChI=1S/C23H18F7NO3/c24-16-7-9-18(10-8-16)33-19-5-2-4-17(12-19)31(14-21(32)22(25,26)27)13-15-3-1-6-20(11-15)34-23(28,29)30/h1-12,21,32H,13-14H2/t21-/m1/s1. The van der Waals surface area contributed by atoms with Crippen LogP contribution < -0.4 is 14.4 Å². The highest BCUT2D eigenvalue weighted by atomic mass is 19.4. The molecule has 0 radical (unpaired) electrons. The van der Waals surface area contributed by atoms with Gasteiger partial charge in [-0.1, -0.05) is 18.2 Å². The molecule has 3 rings (SSSR count). The van der Waals surface area contributed by atoms with E-state index in [0.29, 0.717) is 0 Å². The molecule has 0 bridgehead atoms. The number of halogens is 7. The second-order valence-electron chi connectivity index (χ2n) is 7.19. The maximum absolute atomic E-state index is 13.1. The number of nitrogens with zero attached hydrogens (tertiary/aromatic N) is 1. The molecule has 182 valence electrons. The normalized spacial score (nSPS) is 12.8. The fourth-order valence-electron chi connectivity index (χ4n) is 3.02. The van der Waals surface area contributed by atoms with E-state index in [2.05, 4.69) is 4.74 Å². The van der Waals surface area contributed by atoms with Crippen LogP contribution in [0, 0.1) is 5.82 Å². The average molecular weight is 489 g/mol. The molecule has 3 aromatic carbocycles. The topological polar surface area (TPSA) is 41.9 Å². The summed E-state index contributed by atoms with van der Waals surface area (Å²) in [6, 6.07) is 15.7. The van der Waals surface area contributed by atoms with E-state index in [0.717, 1.165) is 17.0 Å². The molecule has 0 spiro atoms. The number of benzene rings is 3. The molecule has 11 heteroatoms. The van der Waals surface area contributed by atoms with Crippen LogP contribution in [0.3, 0.4) is 0 Å². The summed E-state index contributed by atoms with van der Waals surface area (Å²) in [5.74, 6) is -0.526. The number of aliphatic hydroxyl groups excluding tert-OH is 1. The van der Waals surface area contributed by atoms with Crippen LogP contribution in [0.1, 0.15) is 5.56 Å². The first-order chi connectivity index (χ1) is 15.9. The van der Waals surface area contributed by atoms with Crippen LogP contribution in [0.4, 0.5) is 36.4 Å². The van der Waals surface area contributed by atoms with Gasteiger partial charge in [0.2, 0.25) is 0 Å². The molecule has 1 N–H and O–H groups in total. The van der Waals surface area contributed by atoms with Crippen LogP contribution in [-0.2, 0) is 6.54 Å². The summed E-state index contributed by atoms with van der Waals surface area (Å²) >= 11 is 0. The lowest BCUT2D eigenvalue weighted by Crippen LogP contribution is -2.40. The monoisotopic (exact) mass is 489 g/mol. The molecule has 0 fully saturated rings. The van der Waals surface area contributed by atoms with Crippen LogP contribution in [0.25, 0.3) is 0 Å². The zero-order valence-electron chi connectivity index (χ0n) is 17.3. The maximum atomic E-state index is 13.1. The molecule has 0 aliphatic rings. The summed E-state index contributed by atoms with van der Waals surface area (Å²) in [7, 11) is 0. The molecule has 0 aliphatic carbocycles. The van der Waals surface area contributed by atoms with Crippen LogP contribution in [0.2, 0.25) is 0 Å². The Hall–Kier alpha value is -3.47. The fourth-order valence-corrected chi connectivity index (χ4v) is 3.02. The molecule has 1 atom stereocenters. The molecule has 0 saturated heterocycles. The van der Waals surface area contributed by atoms with Crippen molar-refractivity contribution in [2.24, 2.45) is 0 Å². The van der Waals surface area contributed by atoms with E-state index in [4.69, 9.17) is 4.74 Å². The van der Waals surface area contributed by atoms with Crippen molar-refractivity contribution < 1.29 is 45.3 Å². The van der Waals surface area contributed by atoms with E-state index in [1.807, 2.05) is 0 Å². The van der Waals surface area contributed by atoms with Crippen molar-refractivity contribution in [3.63, 3.8) is 0 Å². The summed E-state index contributed by atoms with van der Waals surface area (Å²) in [6.45, 7) is -1.17. The lowest BCUT2D eigenvalue weighted by Gasteiger charge is -2.29. The zero-order valence-corrected chi connectivity index (χ0v) is 17.3. The third-order valence-corrected chi connectivity index (χ3v) is 4.51. The second kappa shape index (κ2) is 10.2. The molecule has 0 unspecified atom stereocenters. The molecule has 0 amide bonds. The average Bonchev–Trinajstić information content (AvgIpc) is 2.73. The number of aliphatic hydroxyl groups is 1. The van der Waals surface area contributed by atoms with Gasteiger partial charge >= 0.3 is 12.5 Å². The van der Waals surface area contributed by atoms with E-state index in [1.54, 1.807) is 0 Å². The molecular formula is C23H18F7NO3. The summed E-state index contributed by atoms with van der Waals surface area (Å²) in [5, 5.41) is 9.63. The summed E-state index contributed by atoms with van der Waals surface area (Å²) < 4.78 is 99.2. The van der Waals surface area contributed by atoms with Gasteiger partial charge in [0, 0.05) is 18.3 Å². The van der Waals surface area contributed by atoms with Crippen LogP contribution in [0.5, 0.6) is 17.2 Å². The Morgan fingerprint density at radius 2 is 1.44 bits per heavy atom. The van der Waals surface area contributed by atoms with Crippen molar-refractivity contribution in [3.8, 4) is 17.2 Å². The van der Waals surface area contributed by atoms with Gasteiger partial charge in [0.05, 0.1) is 6.54 Å². The first kappa shape index (κ1) is 25.2. The van der Waals surface area contributed by atoms with Gasteiger partial charge in [-0.05, 0) is 54.1 Å². The Morgan fingerprint density at radius 3 is 2.09 bits per heavy atom. The Kier molecular flexibility index (Phi) is 7.55. The van der Waals surface area contributed by atoms with Crippen LogP contribution in [-0.4, -0.2) is 30.3 Å². The SMILES string of the molecule is O[C@H](CN(Cc1cccc(OC(F)(F)F)c1)c1cccc(Oc2ccc(F)cc2)c1)C(F)(F)F. The molecule has 3 aromatic rings. The number of rotatable bonds is 8. The molecule has 0 aromatic heterocycles. The predicted molar refractivity (Wildman–Crippen MR) is 109 cm³/mol. The van der Waals surface area contributed by atoms with E-state index in [-0.39, 0.29) is 29.3 Å². The highest BCUT2D eigenvalue weighted by Crippen LogP contribution is 2.30. The predicted octanol–water partition coefficient (Wildman–Crippen LogP) is 6.45. The number of hydrogen-bond acceptors (Lipinski definition) is 4. The Morgan fingerprint density at radius 1 is 0.794 bits per heavy atom. The van der Waals surface area contributed by atoms with Gasteiger partial charge in [0.25, 0.3) is 0 Å². The van der Waals surface area contributed by atoms with Gasteiger partial charge in [-0.3, -0.25) is 0 Å². The highest BCUT2D eigenvalue weighted by Gasteiger charge is 2.39. The van der Waals surface area contributed by atoms with Crippen LogP contribution in [0.15, 0.2) is 72.8 Å². The molecule has 34 heavy (non-hydrogen) atoms. The number of alkyl halides is 6. The minimum atomic E-state index is -4.93.